The molecule has 0 aliphatic carbocycles. The average Bonchev–Trinajstić information content (AvgIpc) is 2.80. The summed E-state index contributed by atoms with van der Waals surface area (Å²) in [6, 6.07) is 8.03. The van der Waals surface area contributed by atoms with Crippen LogP contribution in [0.25, 0.3) is 10.9 Å². The van der Waals surface area contributed by atoms with Crippen LogP contribution < -0.4 is 5.32 Å². The number of halogens is 3. The predicted octanol–water partition coefficient (Wildman–Crippen LogP) is 3.70. The van der Waals surface area contributed by atoms with Gasteiger partial charge >= 0.3 is 0 Å². The molecule has 1 aromatic heterocycles. The molecular formula is C17H20Cl3N3O. The molecule has 130 valence electrons. The number of carbonyl (C=O) groups is 1. The second-order valence-electron chi connectivity index (χ2n) is 6.08. The number of aromatic nitrogens is 1. The molecule has 4 rings (SSSR count). The van der Waals surface area contributed by atoms with Gasteiger partial charge in [0.05, 0.1) is 16.1 Å². The molecule has 1 N–H and O–H groups in total. The van der Waals surface area contributed by atoms with Gasteiger partial charge < -0.3 is 10.2 Å². The summed E-state index contributed by atoms with van der Waals surface area (Å²) in [7, 11) is 0. The highest BCUT2D eigenvalue weighted by Crippen LogP contribution is 2.32. The highest BCUT2D eigenvalue weighted by molar-refractivity contribution is 6.36. The van der Waals surface area contributed by atoms with Crippen molar-refractivity contribution < 1.29 is 4.79 Å². The fraction of sp³-hybridized carbons (Fsp3) is 0.412. The topological polar surface area (TPSA) is 45.2 Å². The number of nitrogens with zero attached hydrogens (tertiary/aromatic N) is 2. The standard InChI is InChI=1S/C17H18ClN3O.2ClH/c18-15-6-5-14(16-13(15)2-1-8-20-16)17(22)21-11-3-4-12(21)10-19-9-7-11;;/h1-2,5-6,8,11-12,19H,3-4,7,9-10H2;2*1H. The van der Waals surface area contributed by atoms with Crippen molar-refractivity contribution in [2.75, 3.05) is 13.1 Å². The molecule has 1 aromatic carbocycles. The Hall–Kier alpha value is -1.07. The molecule has 0 radical (unpaired) electrons. The zero-order valence-corrected chi connectivity index (χ0v) is 15.5. The van der Waals surface area contributed by atoms with E-state index in [0.717, 1.165) is 37.7 Å². The maximum absolute atomic E-state index is 13.2. The monoisotopic (exact) mass is 387 g/mol. The summed E-state index contributed by atoms with van der Waals surface area (Å²) in [5.74, 6) is 0.0940. The maximum atomic E-state index is 13.2. The van der Waals surface area contributed by atoms with Crippen LogP contribution in [0.5, 0.6) is 0 Å². The first-order valence-corrected chi connectivity index (χ1v) is 8.20. The minimum Gasteiger partial charge on any atom is -0.331 e. The molecule has 3 heterocycles. The molecule has 2 aliphatic heterocycles. The van der Waals surface area contributed by atoms with E-state index >= 15 is 0 Å². The number of rotatable bonds is 1. The summed E-state index contributed by atoms with van der Waals surface area (Å²) in [6.45, 7) is 1.88. The quantitative estimate of drug-likeness (QED) is 0.810. The van der Waals surface area contributed by atoms with Crippen molar-refractivity contribution in [3.63, 3.8) is 0 Å². The first-order chi connectivity index (χ1) is 10.8. The van der Waals surface area contributed by atoms with Gasteiger partial charge in [-0.05, 0) is 50.1 Å². The predicted molar refractivity (Wildman–Crippen MR) is 102 cm³/mol. The number of benzene rings is 1. The van der Waals surface area contributed by atoms with Crippen LogP contribution >= 0.6 is 36.4 Å². The second kappa shape index (κ2) is 7.87. The number of pyridine rings is 1. The Balaban J connectivity index is 0.00000104. The van der Waals surface area contributed by atoms with Gasteiger partial charge in [0.1, 0.15) is 0 Å². The molecule has 24 heavy (non-hydrogen) atoms. The van der Waals surface area contributed by atoms with Crippen LogP contribution in [-0.4, -0.2) is 41.0 Å². The second-order valence-corrected chi connectivity index (χ2v) is 6.49. The Morgan fingerprint density at radius 2 is 1.96 bits per heavy atom. The van der Waals surface area contributed by atoms with Gasteiger partial charge in [0.15, 0.2) is 0 Å². The number of hydrogen-bond donors (Lipinski definition) is 1. The Bertz CT molecular complexity index is 726. The van der Waals surface area contributed by atoms with E-state index in [1.807, 2.05) is 18.2 Å². The van der Waals surface area contributed by atoms with Crippen LogP contribution in [-0.2, 0) is 0 Å². The van der Waals surface area contributed by atoms with E-state index < -0.39 is 0 Å². The Morgan fingerprint density at radius 3 is 2.79 bits per heavy atom. The Morgan fingerprint density at radius 1 is 1.17 bits per heavy atom. The lowest BCUT2D eigenvalue weighted by Crippen LogP contribution is -2.42. The summed E-state index contributed by atoms with van der Waals surface area (Å²) in [5.41, 5.74) is 1.37. The van der Waals surface area contributed by atoms with Gasteiger partial charge in [0, 0.05) is 30.2 Å². The van der Waals surface area contributed by atoms with Crippen molar-refractivity contribution in [1.82, 2.24) is 15.2 Å². The van der Waals surface area contributed by atoms with Crippen LogP contribution in [0.15, 0.2) is 30.5 Å². The molecule has 0 saturated carbocycles. The van der Waals surface area contributed by atoms with Gasteiger partial charge in [0.2, 0.25) is 0 Å². The van der Waals surface area contributed by atoms with Crippen LogP contribution in [0.4, 0.5) is 0 Å². The van der Waals surface area contributed by atoms with E-state index in [1.54, 1.807) is 12.3 Å². The van der Waals surface area contributed by atoms with E-state index in [4.69, 9.17) is 11.6 Å². The van der Waals surface area contributed by atoms with Gasteiger partial charge in [-0.15, -0.1) is 24.8 Å². The van der Waals surface area contributed by atoms with Gasteiger partial charge in [-0.2, -0.15) is 0 Å². The van der Waals surface area contributed by atoms with Crippen LogP contribution in [0, 0.1) is 0 Å². The molecule has 2 fully saturated rings. The summed E-state index contributed by atoms with van der Waals surface area (Å²) in [6.07, 6.45) is 4.94. The first kappa shape index (κ1) is 19.3. The molecule has 2 aliphatic rings. The molecule has 2 atom stereocenters. The lowest BCUT2D eigenvalue weighted by molar-refractivity contribution is 0.0682. The third kappa shape index (κ3) is 3.21. The van der Waals surface area contributed by atoms with Crippen LogP contribution in [0.3, 0.4) is 0 Å². The van der Waals surface area contributed by atoms with Crippen LogP contribution in [0.2, 0.25) is 5.02 Å². The van der Waals surface area contributed by atoms with Gasteiger partial charge in [0.25, 0.3) is 5.91 Å². The summed E-state index contributed by atoms with van der Waals surface area (Å²) in [4.78, 5) is 19.6. The molecular weight excluding hydrogens is 369 g/mol. The Labute approximate surface area is 158 Å². The van der Waals surface area contributed by atoms with E-state index in [2.05, 4.69) is 15.2 Å². The molecule has 2 saturated heterocycles. The van der Waals surface area contributed by atoms with Crippen molar-refractivity contribution >= 4 is 53.2 Å². The Kier molecular flexibility index (Phi) is 6.32. The largest absolute Gasteiger partial charge is 0.331 e. The molecule has 2 unspecified atom stereocenters. The first-order valence-electron chi connectivity index (χ1n) is 7.82. The normalized spacial score (nSPS) is 22.5. The van der Waals surface area contributed by atoms with E-state index in [1.165, 1.54) is 0 Å². The van der Waals surface area contributed by atoms with Crippen molar-refractivity contribution in [2.24, 2.45) is 0 Å². The number of carbonyl (C=O) groups excluding carboxylic acids is 1. The van der Waals surface area contributed by atoms with Crippen molar-refractivity contribution in [2.45, 2.75) is 31.3 Å². The lowest BCUT2D eigenvalue weighted by atomic mass is 10.1. The van der Waals surface area contributed by atoms with Gasteiger partial charge in [-0.25, -0.2) is 0 Å². The van der Waals surface area contributed by atoms with Crippen molar-refractivity contribution in [3.05, 3.63) is 41.0 Å². The maximum Gasteiger partial charge on any atom is 0.256 e. The molecule has 2 bridgehead atoms. The molecule has 2 aromatic rings. The van der Waals surface area contributed by atoms with Crippen LogP contribution in [0.1, 0.15) is 29.6 Å². The highest BCUT2D eigenvalue weighted by Gasteiger charge is 2.38. The fourth-order valence-corrected chi connectivity index (χ4v) is 3.98. The lowest BCUT2D eigenvalue weighted by Gasteiger charge is -2.28. The summed E-state index contributed by atoms with van der Waals surface area (Å²) < 4.78 is 0. The number of hydrogen-bond acceptors (Lipinski definition) is 3. The van der Waals surface area contributed by atoms with E-state index in [0.29, 0.717) is 28.2 Å². The van der Waals surface area contributed by atoms with Gasteiger partial charge in [-0.1, -0.05) is 11.6 Å². The average molecular weight is 389 g/mol. The minimum absolute atomic E-state index is 0. The summed E-state index contributed by atoms with van der Waals surface area (Å²) >= 11 is 6.24. The highest BCUT2D eigenvalue weighted by atomic mass is 35.5. The SMILES string of the molecule is Cl.Cl.O=C(c1ccc(Cl)c2cccnc12)N1C2CCNCC1CC2. The van der Waals surface area contributed by atoms with E-state index in [-0.39, 0.29) is 30.7 Å². The van der Waals surface area contributed by atoms with Gasteiger partial charge in [-0.3, -0.25) is 9.78 Å². The zero-order chi connectivity index (χ0) is 15.1. The number of nitrogens with one attached hydrogen (secondary N) is 1. The number of amides is 1. The van der Waals surface area contributed by atoms with Crippen molar-refractivity contribution in [1.29, 1.82) is 0 Å². The zero-order valence-electron chi connectivity index (χ0n) is 13.1. The van der Waals surface area contributed by atoms with E-state index in [9.17, 15) is 4.79 Å². The third-order valence-electron chi connectivity index (χ3n) is 4.84. The van der Waals surface area contributed by atoms with Crippen molar-refractivity contribution in [3.8, 4) is 0 Å². The smallest absolute Gasteiger partial charge is 0.256 e. The molecule has 4 nitrogen and oxygen atoms in total. The minimum atomic E-state index is 0. The fourth-order valence-electron chi connectivity index (χ4n) is 3.76. The molecule has 1 amide bonds. The molecule has 0 spiro atoms. The summed E-state index contributed by atoms with van der Waals surface area (Å²) in [5, 5.41) is 4.91. The number of fused-ring (bicyclic) bond motifs is 3. The third-order valence-corrected chi connectivity index (χ3v) is 5.17. The molecule has 7 heteroatoms.